The predicted octanol–water partition coefficient (Wildman–Crippen LogP) is 5.50. The van der Waals surface area contributed by atoms with Gasteiger partial charge in [-0.3, -0.25) is 14.4 Å². The van der Waals surface area contributed by atoms with Gasteiger partial charge in [-0.15, -0.1) is 0 Å². The molecule has 0 saturated heterocycles. The van der Waals surface area contributed by atoms with E-state index in [9.17, 15) is 24.6 Å². The van der Waals surface area contributed by atoms with Crippen LogP contribution in [0.5, 0.6) is 0 Å². The van der Waals surface area contributed by atoms with Crippen LogP contribution in [0.15, 0.2) is 70.7 Å². The highest BCUT2D eigenvalue weighted by Gasteiger charge is 2.55. The second kappa shape index (κ2) is 12.0. The number of aliphatic hydroxyl groups is 1. The summed E-state index contributed by atoms with van der Waals surface area (Å²) in [4.78, 5) is 46.9. The Labute approximate surface area is 248 Å². The lowest BCUT2D eigenvalue weighted by molar-refractivity contribution is -0.140. The molecule has 1 unspecified atom stereocenters. The summed E-state index contributed by atoms with van der Waals surface area (Å²) in [6.07, 6.45) is 5.99. The molecule has 0 spiro atoms. The standard InChI is InChI=1S/C31H32Cl2N2O6/c1-31(14-13-20(32)16-25(31)33)27-26(28(37)34-41-17-18-7-6-8-19(15-18)30(39)40)21-9-2-3-10-22(21)29(38)35(27)23-11-4-5-12-24(23)36/h2-3,6-10,13,15-16,23-24,26-27,36H,4-5,11-12,14,17H2,1H3,(H,34,37)(H,39,40)/t23-,24-,26+,27+,31?/m0/s1. The third kappa shape index (κ3) is 5.66. The molecule has 2 aliphatic carbocycles. The average molecular weight is 600 g/mol. The summed E-state index contributed by atoms with van der Waals surface area (Å²) in [6.45, 7) is 1.85. The third-order valence-corrected chi connectivity index (χ3v) is 9.28. The average Bonchev–Trinajstić information content (AvgIpc) is 2.96. The van der Waals surface area contributed by atoms with Gasteiger partial charge < -0.3 is 15.1 Å². The van der Waals surface area contributed by atoms with Crippen molar-refractivity contribution >= 4 is 41.0 Å². The van der Waals surface area contributed by atoms with E-state index in [0.717, 1.165) is 12.8 Å². The Hall–Kier alpha value is -3.17. The summed E-state index contributed by atoms with van der Waals surface area (Å²) >= 11 is 13.2. The maximum atomic E-state index is 14.2. The molecule has 2 aromatic rings. The van der Waals surface area contributed by atoms with Crippen molar-refractivity contribution in [1.82, 2.24) is 10.4 Å². The lowest BCUT2D eigenvalue weighted by atomic mass is 9.65. The highest BCUT2D eigenvalue weighted by atomic mass is 35.5. The lowest BCUT2D eigenvalue weighted by Gasteiger charge is -2.54. The van der Waals surface area contributed by atoms with Crippen LogP contribution in [-0.4, -0.2) is 51.1 Å². The maximum Gasteiger partial charge on any atom is 0.335 e. The summed E-state index contributed by atoms with van der Waals surface area (Å²) in [6, 6.07) is 12.0. The molecular weight excluding hydrogens is 567 g/mol. The quantitative estimate of drug-likeness (QED) is 0.362. The first-order valence-electron chi connectivity index (χ1n) is 13.7. The molecule has 2 aromatic carbocycles. The van der Waals surface area contributed by atoms with Crippen molar-refractivity contribution in [2.24, 2.45) is 5.41 Å². The Morgan fingerprint density at radius 3 is 2.61 bits per heavy atom. The van der Waals surface area contributed by atoms with E-state index in [-0.39, 0.29) is 18.1 Å². The Morgan fingerprint density at radius 2 is 1.88 bits per heavy atom. The van der Waals surface area contributed by atoms with Crippen LogP contribution in [0, 0.1) is 5.41 Å². The smallest absolute Gasteiger partial charge is 0.335 e. The number of rotatable bonds is 7. The van der Waals surface area contributed by atoms with Gasteiger partial charge in [-0.05, 0) is 54.7 Å². The van der Waals surface area contributed by atoms with E-state index in [4.69, 9.17) is 28.0 Å². The van der Waals surface area contributed by atoms with E-state index in [1.807, 2.05) is 13.0 Å². The Balaban J connectivity index is 1.54. The van der Waals surface area contributed by atoms with Crippen LogP contribution in [0.3, 0.4) is 0 Å². The molecule has 5 atom stereocenters. The van der Waals surface area contributed by atoms with Crippen LogP contribution in [0.25, 0.3) is 0 Å². The molecule has 1 heterocycles. The number of aliphatic hydroxyl groups excluding tert-OH is 1. The number of fused-ring (bicyclic) bond motifs is 1. The molecule has 0 radical (unpaired) electrons. The largest absolute Gasteiger partial charge is 0.478 e. The zero-order valence-corrected chi connectivity index (χ0v) is 24.1. The maximum absolute atomic E-state index is 14.2. The van der Waals surface area contributed by atoms with E-state index in [2.05, 4.69) is 5.48 Å². The number of benzene rings is 2. The number of carbonyl (C=O) groups excluding carboxylic acids is 2. The van der Waals surface area contributed by atoms with Crippen LogP contribution < -0.4 is 5.48 Å². The fraction of sp³-hybridized carbons (Fsp3) is 0.387. The number of amides is 2. The summed E-state index contributed by atoms with van der Waals surface area (Å²) in [5, 5.41) is 21.3. The van der Waals surface area contributed by atoms with Crippen molar-refractivity contribution in [2.75, 3.05) is 0 Å². The first-order chi connectivity index (χ1) is 19.6. The minimum atomic E-state index is -1.06. The van der Waals surface area contributed by atoms with Crippen molar-refractivity contribution in [1.29, 1.82) is 0 Å². The number of hydrogen-bond acceptors (Lipinski definition) is 5. The fourth-order valence-corrected chi connectivity index (χ4v) is 6.90. The lowest BCUT2D eigenvalue weighted by Crippen LogP contribution is -2.64. The molecule has 8 nitrogen and oxygen atoms in total. The van der Waals surface area contributed by atoms with Gasteiger partial charge in [-0.2, -0.15) is 0 Å². The summed E-state index contributed by atoms with van der Waals surface area (Å²) in [5.74, 6) is -2.68. The topological polar surface area (TPSA) is 116 Å². The number of nitrogens with one attached hydrogen (secondary N) is 1. The molecule has 0 bridgehead atoms. The van der Waals surface area contributed by atoms with Crippen LogP contribution in [-0.2, 0) is 16.2 Å². The van der Waals surface area contributed by atoms with E-state index in [1.165, 1.54) is 12.1 Å². The molecule has 3 aliphatic rings. The fourth-order valence-electron chi connectivity index (χ4n) is 6.35. The van der Waals surface area contributed by atoms with Gasteiger partial charge in [-0.1, -0.05) is 79.4 Å². The number of allylic oxidation sites excluding steroid dienone is 3. The normalized spacial score (nSPS) is 27.9. The van der Waals surface area contributed by atoms with Crippen LogP contribution in [0.4, 0.5) is 0 Å². The van der Waals surface area contributed by atoms with Gasteiger partial charge in [0.05, 0.1) is 36.3 Å². The third-order valence-electron chi connectivity index (χ3n) is 8.48. The molecular formula is C31H32Cl2N2O6. The number of halogens is 2. The Kier molecular flexibility index (Phi) is 8.57. The molecule has 216 valence electrons. The van der Waals surface area contributed by atoms with Crippen LogP contribution in [0.2, 0.25) is 0 Å². The van der Waals surface area contributed by atoms with Crippen LogP contribution in [0.1, 0.15) is 76.8 Å². The van der Waals surface area contributed by atoms with Crippen molar-refractivity contribution in [3.8, 4) is 0 Å². The predicted molar refractivity (Wildman–Crippen MR) is 154 cm³/mol. The summed E-state index contributed by atoms with van der Waals surface area (Å²) in [7, 11) is 0. The zero-order chi connectivity index (χ0) is 29.3. The van der Waals surface area contributed by atoms with Gasteiger partial charge in [-0.25, -0.2) is 10.3 Å². The van der Waals surface area contributed by atoms with E-state index < -0.39 is 41.4 Å². The molecule has 1 saturated carbocycles. The van der Waals surface area contributed by atoms with Crippen molar-refractivity contribution < 1.29 is 29.4 Å². The highest BCUT2D eigenvalue weighted by Crippen LogP contribution is 2.52. The molecule has 1 fully saturated rings. The number of carbonyl (C=O) groups is 3. The van der Waals surface area contributed by atoms with Gasteiger partial charge in [0, 0.05) is 21.0 Å². The second-order valence-electron chi connectivity index (χ2n) is 11.1. The summed E-state index contributed by atoms with van der Waals surface area (Å²) < 4.78 is 0. The number of carboxylic acid groups (broad SMARTS) is 1. The van der Waals surface area contributed by atoms with E-state index in [0.29, 0.717) is 46.0 Å². The molecule has 2 amide bonds. The minimum absolute atomic E-state index is 0.0633. The molecule has 5 rings (SSSR count). The highest BCUT2D eigenvalue weighted by molar-refractivity contribution is 6.35. The number of nitrogens with zero attached hydrogens (tertiary/aromatic N) is 1. The van der Waals surface area contributed by atoms with Crippen molar-refractivity contribution in [2.45, 2.75) is 69.7 Å². The van der Waals surface area contributed by atoms with Gasteiger partial charge in [0.1, 0.15) is 0 Å². The van der Waals surface area contributed by atoms with Gasteiger partial charge >= 0.3 is 5.97 Å². The van der Waals surface area contributed by atoms with Crippen molar-refractivity contribution in [3.05, 3.63) is 93.0 Å². The molecule has 0 aromatic heterocycles. The SMILES string of the molecule is CC1([C@H]2[C@H](C(=O)NOCc3cccc(C(=O)O)c3)c3ccccc3C(=O)N2[C@H]2CCCC[C@@H]2O)CC=C(Cl)C=C1Cl. The van der Waals surface area contributed by atoms with E-state index >= 15 is 0 Å². The number of carboxylic acids is 1. The van der Waals surface area contributed by atoms with Crippen molar-refractivity contribution in [3.63, 3.8) is 0 Å². The number of aromatic carboxylic acids is 1. The van der Waals surface area contributed by atoms with Crippen LogP contribution >= 0.6 is 23.2 Å². The van der Waals surface area contributed by atoms with Gasteiger partial charge in [0.2, 0.25) is 0 Å². The zero-order valence-electron chi connectivity index (χ0n) is 22.6. The molecule has 1 aliphatic heterocycles. The first-order valence-corrected chi connectivity index (χ1v) is 14.4. The Morgan fingerprint density at radius 1 is 1.12 bits per heavy atom. The number of hydroxylamine groups is 1. The molecule has 10 heteroatoms. The molecule has 3 N–H and O–H groups in total. The van der Waals surface area contributed by atoms with Gasteiger partial charge in [0.15, 0.2) is 0 Å². The Bertz CT molecular complexity index is 1420. The minimum Gasteiger partial charge on any atom is -0.478 e. The monoisotopic (exact) mass is 598 g/mol. The molecule has 41 heavy (non-hydrogen) atoms. The summed E-state index contributed by atoms with van der Waals surface area (Å²) in [5.41, 5.74) is 3.28. The second-order valence-corrected chi connectivity index (χ2v) is 11.9. The van der Waals surface area contributed by atoms with E-state index in [1.54, 1.807) is 47.4 Å². The first kappa shape index (κ1) is 29.3. The van der Waals surface area contributed by atoms with Gasteiger partial charge in [0.25, 0.3) is 11.8 Å². The number of hydrogen-bond donors (Lipinski definition) is 3.